The van der Waals surface area contributed by atoms with Crippen molar-refractivity contribution in [2.75, 3.05) is 18.1 Å². The number of aliphatic imine (C=N–C) groups is 1. The number of aliphatic carboxylic acids is 1. The number of nitrogens with zero attached hydrogens (tertiary/aromatic N) is 2. The first kappa shape index (κ1) is 74.4. The van der Waals surface area contributed by atoms with Crippen molar-refractivity contribution in [2.24, 2.45) is 39.8 Å². The Morgan fingerprint density at radius 1 is 0.598 bits per heavy atom. The molecule has 1 aliphatic rings. The first-order chi connectivity index (χ1) is 43.4. The third-order valence-electron chi connectivity index (χ3n) is 14.3. The standard InChI is InChI=1S/C58H83N17O16S/c1-6-29(4)47-57(91)68-36(8-7-17-64-58(61)62)50(84)70-37(18-28(2)3)51(85)66-30(5)49(83)69-42(23-46(80)81)55(89)71-39(20-32-11-15-35(77)16-12-32)52(86)72-40(21-33-24-63-27-65-33)53(87)73-41(22-44(59)78)54(88)74-43(48(60)82)25-92-26-45(79)67-38(56(90)75-47)19-31-9-13-34(76)14-10-31/h9-16,24,27-30,36-43,47,76-77H,6-8,17-23,25-26H2,1-5H3,(H2,59,78)(H2,60,82)(H,63,65)(H,66,85)(H,67,79)(H,68,91)(H,69,83)(H,70,84)(H,71,89)(H,72,86)(H,73,87)(H,74,88)(H,75,90)(H,80,81)(H4,61,62,64)/t29-,30-,36-,37-,38-,39-,40-,41-,42-,43-,47-/m0/s1. The van der Waals surface area contributed by atoms with E-state index in [0.717, 1.165) is 11.8 Å². The Hall–Kier alpha value is -10.0. The molecule has 92 heavy (non-hydrogen) atoms. The number of amides is 12. The number of carboxylic acids is 1. The second-order valence-corrected chi connectivity index (χ2v) is 23.5. The molecule has 0 radical (unpaired) electrons. The fraction of sp³-hybridized carbons (Fsp3) is 0.500. The molecule has 1 aliphatic heterocycles. The van der Waals surface area contributed by atoms with Gasteiger partial charge in [-0.2, -0.15) is 0 Å². The molecule has 3 aromatic rings. The molecule has 34 heteroatoms. The van der Waals surface area contributed by atoms with Crippen LogP contribution in [0.2, 0.25) is 0 Å². The van der Waals surface area contributed by atoms with Gasteiger partial charge in [0.05, 0.1) is 24.9 Å². The van der Waals surface area contributed by atoms with Crippen LogP contribution in [-0.4, -0.2) is 187 Å². The number of phenols is 2. The lowest BCUT2D eigenvalue weighted by molar-refractivity contribution is -0.141. The SMILES string of the molecule is CC[C@H](C)[C@@H]1NC(=O)[C@H](Cc2ccc(O)cc2)NC(=O)CSC[C@@H](C(N)=O)NC(=O)[C@H](CC(N)=O)NC(=O)[C@H](Cc2cnc[nH]2)NC(=O)[C@H](Cc2ccc(O)cc2)NC(=O)[C@H](CC(=O)O)NC(=O)[C@H](C)NC(=O)[C@H](CC(C)C)NC(=O)[C@H](CCCN=C(N)N)NC1=O. The molecule has 2 aromatic carbocycles. The fourth-order valence-corrected chi connectivity index (χ4v) is 10.1. The quantitative estimate of drug-likeness (QED) is 0.0305. The normalized spacial score (nSPS) is 23.8. The van der Waals surface area contributed by atoms with Gasteiger partial charge in [-0.3, -0.25) is 67.3 Å². The minimum absolute atomic E-state index is 0.0129. The number of hydrogen-bond donors (Lipinski definition) is 18. The van der Waals surface area contributed by atoms with Gasteiger partial charge in [0.1, 0.15) is 71.9 Å². The Morgan fingerprint density at radius 2 is 1.08 bits per heavy atom. The highest BCUT2D eigenvalue weighted by Gasteiger charge is 2.38. The molecule has 12 amide bonds. The number of benzene rings is 2. The second-order valence-electron chi connectivity index (χ2n) is 22.4. The average Bonchev–Trinajstić information content (AvgIpc) is 1.45. The summed E-state index contributed by atoms with van der Waals surface area (Å²) in [7, 11) is 0. The van der Waals surface area contributed by atoms with E-state index in [1.165, 1.54) is 68.0 Å². The van der Waals surface area contributed by atoms with Crippen LogP contribution in [0.5, 0.6) is 11.5 Å². The van der Waals surface area contributed by atoms with Gasteiger partial charge in [0, 0.05) is 43.5 Å². The number of nitrogens with one attached hydrogen (secondary N) is 11. The van der Waals surface area contributed by atoms with Crippen LogP contribution in [0.3, 0.4) is 0 Å². The topological polar surface area (TPSA) is 548 Å². The summed E-state index contributed by atoms with van der Waals surface area (Å²) >= 11 is 0.760. The minimum atomic E-state index is -1.96. The molecule has 4 rings (SSSR count). The predicted octanol–water partition coefficient (Wildman–Crippen LogP) is -4.56. The first-order valence-electron chi connectivity index (χ1n) is 29.4. The maximum Gasteiger partial charge on any atom is 0.305 e. The number of H-pyrrole nitrogens is 1. The molecule has 0 saturated carbocycles. The molecule has 2 heterocycles. The zero-order valence-corrected chi connectivity index (χ0v) is 52.3. The van der Waals surface area contributed by atoms with Gasteiger partial charge < -0.3 is 96.4 Å². The number of carbonyl (C=O) groups excluding carboxylic acids is 12. The van der Waals surface area contributed by atoms with Gasteiger partial charge in [-0.15, -0.1) is 11.8 Å². The van der Waals surface area contributed by atoms with Crippen molar-refractivity contribution in [1.29, 1.82) is 0 Å². The molecule has 0 spiro atoms. The van der Waals surface area contributed by atoms with Gasteiger partial charge in [0.15, 0.2) is 5.96 Å². The van der Waals surface area contributed by atoms with Crippen molar-refractivity contribution in [3.05, 3.63) is 77.9 Å². The number of imidazole rings is 1. The van der Waals surface area contributed by atoms with E-state index in [9.17, 15) is 77.6 Å². The fourth-order valence-electron chi connectivity index (χ4n) is 9.20. The van der Waals surface area contributed by atoms with Crippen molar-refractivity contribution < 1.29 is 77.6 Å². The van der Waals surface area contributed by atoms with Crippen LogP contribution in [0.25, 0.3) is 0 Å². The summed E-state index contributed by atoms with van der Waals surface area (Å²) in [6, 6.07) is -5.14. The summed E-state index contributed by atoms with van der Waals surface area (Å²) in [6.07, 6.45) is -0.270. The molecule has 0 aliphatic carbocycles. The van der Waals surface area contributed by atoms with Gasteiger partial charge in [-0.1, -0.05) is 58.4 Å². The molecule has 1 aromatic heterocycles. The number of aromatic amines is 1. The molecule has 0 unspecified atom stereocenters. The number of nitrogens with two attached hydrogens (primary N) is 4. The Bertz CT molecular complexity index is 3110. The van der Waals surface area contributed by atoms with Crippen LogP contribution >= 0.6 is 11.8 Å². The maximum absolute atomic E-state index is 14.5. The number of phenolic OH excluding ortho intramolecular Hbond substituents is 2. The molecule has 11 atom stereocenters. The third kappa shape index (κ3) is 25.5. The number of primary amides is 2. The smallest absolute Gasteiger partial charge is 0.305 e. The summed E-state index contributed by atoms with van der Waals surface area (Å²) < 4.78 is 0. The number of rotatable bonds is 19. The molecule has 1 saturated heterocycles. The van der Waals surface area contributed by atoms with Crippen LogP contribution in [-0.2, 0) is 81.6 Å². The van der Waals surface area contributed by atoms with E-state index in [-0.39, 0.29) is 67.7 Å². The van der Waals surface area contributed by atoms with Crippen LogP contribution in [0.1, 0.15) is 90.0 Å². The zero-order valence-electron chi connectivity index (χ0n) is 51.4. The monoisotopic (exact) mass is 1310 g/mol. The van der Waals surface area contributed by atoms with Crippen LogP contribution < -0.4 is 76.1 Å². The van der Waals surface area contributed by atoms with Crippen LogP contribution in [0, 0.1) is 11.8 Å². The highest BCUT2D eigenvalue weighted by Crippen LogP contribution is 2.17. The highest BCUT2D eigenvalue weighted by molar-refractivity contribution is 8.00. The lowest BCUT2D eigenvalue weighted by Gasteiger charge is -2.29. The lowest BCUT2D eigenvalue weighted by Crippen LogP contribution is -2.61. The van der Waals surface area contributed by atoms with E-state index in [0.29, 0.717) is 11.1 Å². The number of guanidine groups is 1. The van der Waals surface area contributed by atoms with Gasteiger partial charge in [0.2, 0.25) is 70.9 Å². The number of thioether (sulfide) groups is 1. The summed E-state index contributed by atoms with van der Waals surface area (Å²) in [6.45, 7) is 8.00. The summed E-state index contributed by atoms with van der Waals surface area (Å²) in [5, 5.41) is 55.0. The Kier molecular flexibility index (Phi) is 29.6. The summed E-state index contributed by atoms with van der Waals surface area (Å²) in [5.41, 5.74) is 23.3. The first-order valence-corrected chi connectivity index (χ1v) is 30.6. The van der Waals surface area contributed by atoms with Gasteiger partial charge >= 0.3 is 5.97 Å². The van der Waals surface area contributed by atoms with Crippen molar-refractivity contribution in [3.63, 3.8) is 0 Å². The van der Waals surface area contributed by atoms with E-state index >= 15 is 0 Å². The Labute approximate surface area is 533 Å². The van der Waals surface area contributed by atoms with Crippen LogP contribution in [0.15, 0.2) is 66.0 Å². The molecular weight excluding hydrogens is 1220 g/mol. The van der Waals surface area contributed by atoms with Gasteiger partial charge in [0.25, 0.3) is 0 Å². The minimum Gasteiger partial charge on any atom is -0.508 e. The zero-order chi connectivity index (χ0) is 68.4. The molecule has 502 valence electrons. The van der Waals surface area contributed by atoms with Crippen molar-refractivity contribution in [1.82, 2.24) is 63.1 Å². The van der Waals surface area contributed by atoms with Crippen LogP contribution in [0.4, 0.5) is 0 Å². The van der Waals surface area contributed by atoms with E-state index < -0.39 is 180 Å². The number of hydrogen-bond acceptors (Lipinski definition) is 18. The third-order valence-corrected chi connectivity index (χ3v) is 15.4. The predicted molar refractivity (Wildman–Crippen MR) is 332 cm³/mol. The van der Waals surface area contributed by atoms with Gasteiger partial charge in [-0.05, 0) is 73.4 Å². The molecular formula is C58H83N17O16S. The average molecular weight is 1310 g/mol. The van der Waals surface area contributed by atoms with E-state index in [1.807, 2.05) is 0 Å². The lowest BCUT2D eigenvalue weighted by atomic mass is 9.96. The highest BCUT2D eigenvalue weighted by atomic mass is 32.2. The van der Waals surface area contributed by atoms with Crippen molar-refractivity contribution in [3.8, 4) is 11.5 Å². The van der Waals surface area contributed by atoms with Gasteiger partial charge in [-0.25, -0.2) is 4.98 Å². The van der Waals surface area contributed by atoms with Crippen molar-refractivity contribution in [2.45, 2.75) is 153 Å². The van der Waals surface area contributed by atoms with E-state index in [1.54, 1.807) is 27.7 Å². The van der Waals surface area contributed by atoms with E-state index in [4.69, 9.17) is 22.9 Å². The maximum atomic E-state index is 14.5. The number of aromatic hydroxyl groups is 2. The largest absolute Gasteiger partial charge is 0.508 e. The Balaban J connectivity index is 1.84. The second kappa shape index (κ2) is 36.6. The molecule has 33 nitrogen and oxygen atoms in total. The number of carboxylic acid groups (broad SMARTS) is 1. The van der Waals surface area contributed by atoms with E-state index in [2.05, 4.69) is 68.1 Å². The molecule has 0 bridgehead atoms. The number of aromatic nitrogens is 2. The molecule has 22 N–H and O–H groups in total. The summed E-state index contributed by atoms with van der Waals surface area (Å²) in [4.78, 5) is 191. The number of carbonyl (C=O) groups is 13. The van der Waals surface area contributed by atoms with Crippen molar-refractivity contribution >= 4 is 94.6 Å². The summed E-state index contributed by atoms with van der Waals surface area (Å²) in [5.74, 6) is -16.4. The Morgan fingerprint density at radius 3 is 1.60 bits per heavy atom. The molecule has 1 fully saturated rings.